The van der Waals surface area contributed by atoms with Gasteiger partial charge in [0.05, 0.1) is 13.2 Å². The molecule has 7 nitrogen and oxygen atoms in total. The summed E-state index contributed by atoms with van der Waals surface area (Å²) in [6.07, 6.45) is 4.00. The summed E-state index contributed by atoms with van der Waals surface area (Å²) in [5.74, 6) is 1.86. The van der Waals surface area contributed by atoms with Crippen LogP contribution in [0, 0.1) is 0 Å². The molecule has 2 atom stereocenters. The molecule has 0 amide bonds. The van der Waals surface area contributed by atoms with Gasteiger partial charge in [0.1, 0.15) is 0 Å². The second-order valence-corrected chi connectivity index (χ2v) is 6.23. The van der Waals surface area contributed by atoms with Crippen molar-refractivity contribution in [1.82, 2.24) is 24.7 Å². The second kappa shape index (κ2) is 5.48. The molecule has 1 saturated heterocycles. The summed E-state index contributed by atoms with van der Waals surface area (Å²) in [7, 11) is 1.61. The Balaban J connectivity index is 1.51. The number of nitrogens with zero attached hydrogens (tertiary/aromatic N) is 5. The van der Waals surface area contributed by atoms with Crippen LogP contribution < -0.4 is 4.74 Å². The first-order valence-corrected chi connectivity index (χ1v) is 7.94. The van der Waals surface area contributed by atoms with Gasteiger partial charge in [0, 0.05) is 18.0 Å². The van der Waals surface area contributed by atoms with Gasteiger partial charge in [-0.2, -0.15) is 4.52 Å². The highest BCUT2D eigenvalue weighted by molar-refractivity contribution is 5.38. The second-order valence-electron chi connectivity index (χ2n) is 6.23. The number of fused-ring (bicyclic) bond motifs is 1. The number of rotatable bonds is 3. The largest absolute Gasteiger partial charge is 0.480 e. The molecule has 2 fully saturated rings. The zero-order valence-electron chi connectivity index (χ0n) is 12.7. The van der Waals surface area contributed by atoms with Crippen LogP contribution in [-0.2, 0) is 0 Å². The van der Waals surface area contributed by atoms with Crippen LogP contribution in [0.1, 0.15) is 37.4 Å². The summed E-state index contributed by atoms with van der Waals surface area (Å²) in [5.41, 5.74) is 0.757. The number of hydrogen-bond acceptors (Lipinski definition) is 6. The van der Waals surface area contributed by atoms with Crippen molar-refractivity contribution in [1.29, 1.82) is 0 Å². The Morgan fingerprint density at radius 3 is 2.59 bits per heavy atom. The predicted octanol–water partition coefficient (Wildman–Crippen LogP) is 0.836. The minimum Gasteiger partial charge on any atom is -0.480 e. The fourth-order valence-electron chi connectivity index (χ4n) is 3.53. The van der Waals surface area contributed by atoms with Crippen molar-refractivity contribution >= 4 is 5.65 Å². The zero-order chi connectivity index (χ0) is 15.1. The maximum atomic E-state index is 9.82. The highest BCUT2D eigenvalue weighted by Crippen LogP contribution is 2.32. The lowest BCUT2D eigenvalue weighted by molar-refractivity contribution is -0.0304. The third-order valence-electron chi connectivity index (χ3n) is 5.04. The van der Waals surface area contributed by atoms with E-state index in [-0.39, 0.29) is 6.10 Å². The van der Waals surface area contributed by atoms with E-state index in [0.29, 0.717) is 17.8 Å². The molecule has 2 aromatic rings. The number of ether oxygens (including phenoxy) is 1. The molecule has 22 heavy (non-hydrogen) atoms. The molecule has 2 aliphatic rings. The third-order valence-corrected chi connectivity index (χ3v) is 5.04. The molecule has 2 unspecified atom stereocenters. The number of methoxy groups -OCH3 is 1. The highest BCUT2D eigenvalue weighted by atomic mass is 16.5. The fraction of sp³-hybridized carbons (Fsp3) is 0.667. The standard InChI is InChI=1S/C15H21N5O2/c1-22-14-5-4-13-16-17-15(20(13)18-14)10-6-8-19(9-7-10)11-2-3-12(11)21/h4-5,10-12,21H,2-3,6-9H2,1H3. The van der Waals surface area contributed by atoms with Crippen molar-refractivity contribution in [3.8, 4) is 5.88 Å². The first kappa shape index (κ1) is 13.9. The minimum absolute atomic E-state index is 0.128. The van der Waals surface area contributed by atoms with Gasteiger partial charge in [-0.15, -0.1) is 15.3 Å². The van der Waals surface area contributed by atoms with Crippen LogP contribution >= 0.6 is 0 Å². The van der Waals surface area contributed by atoms with E-state index in [1.165, 1.54) is 0 Å². The van der Waals surface area contributed by atoms with E-state index in [9.17, 15) is 5.11 Å². The highest BCUT2D eigenvalue weighted by Gasteiger charge is 2.36. The maximum Gasteiger partial charge on any atom is 0.231 e. The van der Waals surface area contributed by atoms with Crippen molar-refractivity contribution in [3.63, 3.8) is 0 Å². The van der Waals surface area contributed by atoms with Crippen molar-refractivity contribution in [2.75, 3.05) is 20.2 Å². The summed E-state index contributed by atoms with van der Waals surface area (Å²) >= 11 is 0. The van der Waals surface area contributed by atoms with Gasteiger partial charge < -0.3 is 9.84 Å². The Labute approximate surface area is 128 Å². The van der Waals surface area contributed by atoms with Gasteiger partial charge >= 0.3 is 0 Å². The Hall–Kier alpha value is -1.73. The van der Waals surface area contributed by atoms with E-state index in [1.807, 2.05) is 6.07 Å². The van der Waals surface area contributed by atoms with E-state index >= 15 is 0 Å². The Morgan fingerprint density at radius 1 is 1.14 bits per heavy atom. The number of hydrogen-bond donors (Lipinski definition) is 1. The molecular weight excluding hydrogens is 282 g/mol. The molecule has 1 saturated carbocycles. The van der Waals surface area contributed by atoms with Crippen LogP contribution in [0.4, 0.5) is 0 Å². The molecule has 4 rings (SSSR count). The van der Waals surface area contributed by atoms with Gasteiger partial charge in [0.2, 0.25) is 5.88 Å². The summed E-state index contributed by atoms with van der Waals surface area (Å²) in [5, 5.41) is 22.8. The first-order valence-electron chi connectivity index (χ1n) is 7.94. The molecule has 0 bridgehead atoms. The van der Waals surface area contributed by atoms with Crippen LogP contribution in [0.2, 0.25) is 0 Å². The Morgan fingerprint density at radius 2 is 1.95 bits per heavy atom. The molecule has 0 aromatic carbocycles. The number of likely N-dealkylation sites (tertiary alicyclic amines) is 1. The maximum absolute atomic E-state index is 9.82. The SMILES string of the molecule is COc1ccc2nnc(C3CCN(C4CCC4O)CC3)n2n1. The van der Waals surface area contributed by atoms with E-state index in [1.54, 1.807) is 17.7 Å². The quantitative estimate of drug-likeness (QED) is 0.905. The van der Waals surface area contributed by atoms with E-state index in [4.69, 9.17) is 4.74 Å². The van der Waals surface area contributed by atoms with Gasteiger partial charge in [0.25, 0.3) is 0 Å². The monoisotopic (exact) mass is 303 g/mol. The number of aliphatic hydroxyl groups is 1. The summed E-state index contributed by atoms with van der Waals surface area (Å²) in [4.78, 5) is 2.42. The average Bonchev–Trinajstić information content (AvgIpc) is 2.97. The number of aromatic nitrogens is 4. The van der Waals surface area contributed by atoms with Crippen molar-refractivity contribution in [3.05, 3.63) is 18.0 Å². The van der Waals surface area contributed by atoms with Gasteiger partial charge in [-0.1, -0.05) is 0 Å². The van der Waals surface area contributed by atoms with Crippen LogP contribution in [0.15, 0.2) is 12.1 Å². The van der Waals surface area contributed by atoms with E-state index < -0.39 is 0 Å². The zero-order valence-corrected chi connectivity index (χ0v) is 12.7. The smallest absolute Gasteiger partial charge is 0.231 e. The lowest BCUT2D eigenvalue weighted by Crippen LogP contribution is -2.52. The topological polar surface area (TPSA) is 75.8 Å². The van der Waals surface area contributed by atoms with Crippen LogP contribution in [-0.4, -0.2) is 62.2 Å². The summed E-state index contributed by atoms with van der Waals surface area (Å²) < 4.78 is 7.00. The van der Waals surface area contributed by atoms with Gasteiger partial charge in [-0.3, -0.25) is 4.90 Å². The lowest BCUT2D eigenvalue weighted by atomic mass is 9.85. The number of aliphatic hydroxyl groups excluding tert-OH is 1. The number of piperidine rings is 1. The van der Waals surface area contributed by atoms with Gasteiger partial charge in [-0.05, 0) is 44.8 Å². The van der Waals surface area contributed by atoms with Gasteiger partial charge in [-0.25, -0.2) is 0 Å². The third kappa shape index (κ3) is 2.24. The van der Waals surface area contributed by atoms with Gasteiger partial charge in [0.15, 0.2) is 11.5 Å². The molecule has 1 aliphatic carbocycles. The molecule has 0 spiro atoms. The Bertz CT molecular complexity index is 665. The van der Waals surface area contributed by atoms with Crippen LogP contribution in [0.25, 0.3) is 5.65 Å². The predicted molar refractivity (Wildman–Crippen MR) is 79.9 cm³/mol. The molecule has 1 N–H and O–H groups in total. The van der Waals surface area contributed by atoms with Crippen molar-refractivity contribution < 1.29 is 9.84 Å². The van der Waals surface area contributed by atoms with E-state index in [0.717, 1.165) is 50.2 Å². The summed E-state index contributed by atoms with van der Waals surface area (Å²) in [6.45, 7) is 2.01. The van der Waals surface area contributed by atoms with Crippen molar-refractivity contribution in [2.24, 2.45) is 0 Å². The van der Waals surface area contributed by atoms with E-state index in [2.05, 4.69) is 20.2 Å². The fourth-order valence-corrected chi connectivity index (χ4v) is 3.53. The van der Waals surface area contributed by atoms with Crippen LogP contribution in [0.3, 0.4) is 0 Å². The minimum atomic E-state index is -0.128. The molecule has 1 aliphatic heterocycles. The Kier molecular flexibility index (Phi) is 3.46. The molecular formula is C15H21N5O2. The molecule has 118 valence electrons. The first-order chi connectivity index (χ1) is 10.8. The molecule has 2 aromatic heterocycles. The normalized spacial score (nSPS) is 27.0. The van der Waals surface area contributed by atoms with Crippen molar-refractivity contribution in [2.45, 2.75) is 43.7 Å². The lowest BCUT2D eigenvalue weighted by Gasteiger charge is -2.44. The molecule has 7 heteroatoms. The average molecular weight is 303 g/mol. The molecule has 0 radical (unpaired) electrons. The molecule has 3 heterocycles. The summed E-state index contributed by atoms with van der Waals surface area (Å²) in [6, 6.07) is 4.05. The van der Waals surface area contributed by atoms with Crippen LogP contribution in [0.5, 0.6) is 5.88 Å².